The van der Waals surface area contributed by atoms with Crippen LogP contribution in [-0.4, -0.2) is 34.2 Å². The van der Waals surface area contributed by atoms with Gasteiger partial charge in [-0.15, -0.1) is 0 Å². The molecule has 0 bridgehead atoms. The van der Waals surface area contributed by atoms with E-state index in [1.807, 2.05) is 85.2 Å². The van der Waals surface area contributed by atoms with Crippen LogP contribution in [0.3, 0.4) is 0 Å². The lowest BCUT2D eigenvalue weighted by atomic mass is 10.1. The van der Waals surface area contributed by atoms with Crippen LogP contribution in [0.5, 0.6) is 23.0 Å². The van der Waals surface area contributed by atoms with Crippen LogP contribution in [0, 0.1) is 0 Å². The van der Waals surface area contributed by atoms with Crippen LogP contribution in [0.4, 0.5) is 0 Å². The lowest BCUT2D eigenvalue weighted by Crippen LogP contribution is -2.10. The van der Waals surface area contributed by atoms with Crippen molar-refractivity contribution in [3.8, 4) is 23.0 Å². The largest absolute Gasteiger partial charge is 0.494 e. The normalized spacial score (nSPS) is 10.9. The summed E-state index contributed by atoms with van der Waals surface area (Å²) in [5, 5.41) is 0. The maximum Gasteiger partial charge on any atom is 0.146 e. The smallest absolute Gasteiger partial charge is 0.146 e. The highest BCUT2D eigenvalue weighted by atomic mass is 16.5. The highest BCUT2D eigenvalue weighted by Crippen LogP contribution is 2.32. The molecule has 0 saturated heterocycles. The lowest BCUT2D eigenvalue weighted by Gasteiger charge is -2.15. The number of benzene rings is 3. The molecule has 0 amide bonds. The van der Waals surface area contributed by atoms with Gasteiger partial charge in [0, 0.05) is 23.8 Å². The molecule has 3 aromatic carbocycles. The van der Waals surface area contributed by atoms with Crippen LogP contribution in [0.15, 0.2) is 109 Å². The summed E-state index contributed by atoms with van der Waals surface area (Å²) in [5.74, 6) is 2.70. The van der Waals surface area contributed by atoms with Gasteiger partial charge in [-0.25, -0.2) is 9.97 Å². The summed E-state index contributed by atoms with van der Waals surface area (Å²) in [5.41, 5.74) is 7.12. The molecule has 3 aromatic heterocycles. The van der Waals surface area contributed by atoms with E-state index in [0.29, 0.717) is 33.9 Å². The van der Waals surface area contributed by atoms with E-state index < -0.39 is 0 Å². The number of methoxy groups -OCH3 is 2. The molecule has 3 heterocycles. The van der Waals surface area contributed by atoms with Gasteiger partial charge in [0.25, 0.3) is 0 Å². The van der Waals surface area contributed by atoms with E-state index in [1.54, 1.807) is 14.2 Å². The highest BCUT2D eigenvalue weighted by molar-refractivity contribution is 5.87. The predicted octanol–water partition coefficient (Wildman–Crippen LogP) is 7.17. The lowest BCUT2D eigenvalue weighted by molar-refractivity contribution is 0.277. The Morgan fingerprint density at radius 1 is 0.478 bits per heavy atom. The van der Waals surface area contributed by atoms with E-state index in [-0.39, 0.29) is 13.2 Å². The van der Waals surface area contributed by atoms with Crippen molar-refractivity contribution in [3.63, 3.8) is 0 Å². The molecule has 46 heavy (non-hydrogen) atoms. The van der Waals surface area contributed by atoms with E-state index in [4.69, 9.17) is 28.9 Å². The third-order valence-electron chi connectivity index (χ3n) is 7.73. The van der Waals surface area contributed by atoms with E-state index in [2.05, 4.69) is 34.2 Å². The molecule has 6 aromatic rings. The van der Waals surface area contributed by atoms with Gasteiger partial charge in [0.1, 0.15) is 58.6 Å². The number of nitrogens with zero attached hydrogens (tertiary/aromatic N) is 4. The van der Waals surface area contributed by atoms with Crippen molar-refractivity contribution in [2.75, 3.05) is 14.2 Å². The first kappa shape index (κ1) is 30.5. The van der Waals surface area contributed by atoms with Crippen LogP contribution >= 0.6 is 0 Å². The van der Waals surface area contributed by atoms with Crippen molar-refractivity contribution in [1.29, 1.82) is 0 Å². The fraction of sp³-hybridized carbons (Fsp3) is 0.211. The van der Waals surface area contributed by atoms with Crippen LogP contribution in [0.25, 0.3) is 11.0 Å². The molecular formula is C38H36N4O4. The number of rotatable bonds is 14. The van der Waals surface area contributed by atoms with Crippen LogP contribution in [0.2, 0.25) is 0 Å². The van der Waals surface area contributed by atoms with E-state index in [0.717, 1.165) is 48.6 Å². The minimum atomic E-state index is 0.210. The monoisotopic (exact) mass is 612 g/mol. The molecule has 232 valence electrons. The quantitative estimate of drug-likeness (QED) is 0.128. The number of pyridine rings is 2. The second-order valence-electron chi connectivity index (χ2n) is 10.8. The van der Waals surface area contributed by atoms with Gasteiger partial charge >= 0.3 is 0 Å². The van der Waals surface area contributed by atoms with Gasteiger partial charge < -0.3 is 18.9 Å². The van der Waals surface area contributed by atoms with Gasteiger partial charge in [-0.3, -0.25) is 9.97 Å². The molecule has 0 aliphatic carbocycles. The standard InChI is InChI=1S/C38H36N4O4/c1-43-35-21-22-36(44-2)38-37(35)41-33(25-45-31-17-11-27(12-18-31)9-15-29-7-3-5-23-39-29)34(42-38)26-46-32-19-13-28(14-20-32)10-16-30-8-4-6-24-40-30/h3-8,11-14,17-24H,9-10,15-16,25-26H2,1-2H3. The maximum absolute atomic E-state index is 6.21. The second kappa shape index (κ2) is 15.0. The van der Waals surface area contributed by atoms with Crippen molar-refractivity contribution in [3.05, 3.63) is 143 Å². The fourth-order valence-electron chi connectivity index (χ4n) is 5.16. The zero-order chi connectivity index (χ0) is 31.6. The molecule has 0 aliphatic heterocycles. The SMILES string of the molecule is COc1ccc(OC)c2nc(COc3ccc(CCc4ccccn4)cc3)c(COc3ccc(CCc4ccccn4)cc3)nc12. The Hall–Kier alpha value is -5.50. The van der Waals surface area contributed by atoms with E-state index >= 15 is 0 Å². The Morgan fingerprint density at radius 3 is 1.28 bits per heavy atom. The van der Waals surface area contributed by atoms with Gasteiger partial charge in [0.15, 0.2) is 0 Å². The molecule has 0 unspecified atom stereocenters. The number of hydrogen-bond donors (Lipinski definition) is 0. The third kappa shape index (κ3) is 7.77. The molecule has 0 aliphatic rings. The Bertz CT molecular complexity index is 1710. The Morgan fingerprint density at radius 2 is 0.913 bits per heavy atom. The third-order valence-corrected chi connectivity index (χ3v) is 7.73. The van der Waals surface area contributed by atoms with Crippen molar-refractivity contribution in [2.24, 2.45) is 0 Å². The summed E-state index contributed by atoms with van der Waals surface area (Å²) in [6.45, 7) is 0.420. The zero-order valence-corrected chi connectivity index (χ0v) is 26.1. The first-order valence-electron chi connectivity index (χ1n) is 15.3. The van der Waals surface area contributed by atoms with Gasteiger partial charge in [-0.1, -0.05) is 36.4 Å². The number of fused-ring (bicyclic) bond motifs is 1. The van der Waals surface area contributed by atoms with Crippen LogP contribution in [0.1, 0.15) is 33.9 Å². The zero-order valence-electron chi connectivity index (χ0n) is 26.1. The van der Waals surface area contributed by atoms with Gasteiger partial charge in [-0.05, 0) is 97.5 Å². The molecule has 8 nitrogen and oxygen atoms in total. The van der Waals surface area contributed by atoms with Crippen molar-refractivity contribution < 1.29 is 18.9 Å². The molecule has 0 N–H and O–H groups in total. The average molecular weight is 613 g/mol. The molecule has 0 fully saturated rings. The second-order valence-corrected chi connectivity index (χ2v) is 10.8. The predicted molar refractivity (Wildman–Crippen MR) is 177 cm³/mol. The molecule has 0 spiro atoms. The minimum absolute atomic E-state index is 0.210. The summed E-state index contributed by atoms with van der Waals surface area (Å²) in [6, 6.07) is 31.9. The molecule has 8 heteroatoms. The van der Waals surface area contributed by atoms with Crippen molar-refractivity contribution >= 4 is 11.0 Å². The Balaban J connectivity index is 1.16. The molecule has 0 atom stereocenters. The van der Waals surface area contributed by atoms with Crippen molar-refractivity contribution in [2.45, 2.75) is 38.9 Å². The number of aryl methyl sites for hydroxylation is 4. The van der Waals surface area contributed by atoms with Crippen LogP contribution < -0.4 is 18.9 Å². The van der Waals surface area contributed by atoms with Crippen LogP contribution in [-0.2, 0) is 38.9 Å². The van der Waals surface area contributed by atoms with Gasteiger partial charge in [0.05, 0.1) is 14.2 Å². The average Bonchev–Trinajstić information content (AvgIpc) is 3.12. The van der Waals surface area contributed by atoms with Gasteiger partial charge in [-0.2, -0.15) is 0 Å². The topological polar surface area (TPSA) is 88.5 Å². The summed E-state index contributed by atoms with van der Waals surface area (Å²) in [4.78, 5) is 18.7. The van der Waals surface area contributed by atoms with Gasteiger partial charge in [0.2, 0.25) is 0 Å². The molecular weight excluding hydrogens is 576 g/mol. The summed E-state index contributed by atoms with van der Waals surface area (Å²) in [6.07, 6.45) is 7.24. The Labute approximate surface area is 269 Å². The Kier molecular flexibility index (Phi) is 9.95. The number of ether oxygens (including phenoxy) is 4. The highest BCUT2D eigenvalue weighted by Gasteiger charge is 2.17. The molecule has 6 rings (SSSR count). The summed E-state index contributed by atoms with van der Waals surface area (Å²) >= 11 is 0. The number of hydrogen-bond acceptors (Lipinski definition) is 8. The first-order chi connectivity index (χ1) is 22.7. The maximum atomic E-state index is 6.21. The van der Waals surface area contributed by atoms with E-state index in [9.17, 15) is 0 Å². The van der Waals surface area contributed by atoms with Crippen molar-refractivity contribution in [1.82, 2.24) is 19.9 Å². The number of aromatic nitrogens is 4. The fourth-order valence-corrected chi connectivity index (χ4v) is 5.16. The first-order valence-corrected chi connectivity index (χ1v) is 15.3. The minimum Gasteiger partial charge on any atom is -0.494 e. The summed E-state index contributed by atoms with van der Waals surface area (Å²) < 4.78 is 23.6. The molecule has 0 radical (unpaired) electrons. The van der Waals surface area contributed by atoms with E-state index in [1.165, 1.54) is 11.1 Å². The summed E-state index contributed by atoms with van der Waals surface area (Å²) in [7, 11) is 3.23. The molecule has 0 saturated carbocycles.